The van der Waals surface area contributed by atoms with Crippen LogP contribution in [0.1, 0.15) is 75.7 Å². The number of rotatable bonds is 4. The third-order valence-electron chi connectivity index (χ3n) is 5.68. The molecule has 1 unspecified atom stereocenters. The van der Waals surface area contributed by atoms with Gasteiger partial charge < -0.3 is 11.1 Å². The van der Waals surface area contributed by atoms with Crippen molar-refractivity contribution >= 4 is 22.8 Å². The first-order chi connectivity index (χ1) is 12.0. The lowest BCUT2D eigenvalue weighted by Gasteiger charge is -2.30. The average Bonchev–Trinajstić information content (AvgIpc) is 2.62. The average molecular weight is 376 g/mol. The summed E-state index contributed by atoms with van der Waals surface area (Å²) in [5, 5.41) is 3.84. The van der Waals surface area contributed by atoms with Gasteiger partial charge in [0, 0.05) is 17.4 Å². The van der Waals surface area contributed by atoms with Crippen LogP contribution in [-0.4, -0.2) is 22.9 Å². The van der Waals surface area contributed by atoms with Crippen LogP contribution in [0.25, 0.3) is 0 Å². The maximum absolute atomic E-state index is 12.6. The fourth-order valence-corrected chi connectivity index (χ4v) is 4.89. The number of hydrogen-bond donors (Lipinski definition) is 2. The molecular weight excluding hydrogens is 342 g/mol. The lowest BCUT2D eigenvalue weighted by molar-refractivity contribution is 0.0919. The molecule has 1 amide bonds. The van der Waals surface area contributed by atoms with Gasteiger partial charge in [0.1, 0.15) is 0 Å². The van der Waals surface area contributed by atoms with E-state index < -0.39 is 0 Å². The first-order valence-electron chi connectivity index (χ1n) is 9.37. The van der Waals surface area contributed by atoms with Gasteiger partial charge in [0.15, 0.2) is 5.17 Å². The molecule has 0 saturated heterocycles. The molecule has 1 aliphatic heterocycles. The van der Waals surface area contributed by atoms with Gasteiger partial charge in [-0.25, -0.2) is 0 Å². The zero-order valence-corrected chi connectivity index (χ0v) is 16.1. The lowest BCUT2D eigenvalue weighted by Crippen LogP contribution is -2.38. The molecule has 0 aromatic heterocycles. The van der Waals surface area contributed by atoms with Crippen LogP contribution in [0, 0.1) is 5.92 Å². The number of nitrogens with one attached hydrogen (secondary N) is 1. The Balaban J connectivity index is 0.00000243. The molecular formula is C21H33N3OS. The van der Waals surface area contributed by atoms with E-state index in [4.69, 9.17) is 5.73 Å². The van der Waals surface area contributed by atoms with E-state index in [0.29, 0.717) is 11.1 Å². The Bertz CT molecular complexity index is 637. The molecule has 0 bridgehead atoms. The minimum Gasteiger partial charge on any atom is -0.379 e. The van der Waals surface area contributed by atoms with Gasteiger partial charge in [0.2, 0.25) is 0 Å². The number of hydrogen-bond acceptors (Lipinski definition) is 4. The monoisotopic (exact) mass is 375 g/mol. The van der Waals surface area contributed by atoms with E-state index in [1.165, 1.54) is 32.1 Å². The molecule has 1 aliphatic carbocycles. The summed E-state index contributed by atoms with van der Waals surface area (Å²) in [5.41, 5.74) is 7.46. The van der Waals surface area contributed by atoms with Crippen LogP contribution < -0.4 is 11.1 Å². The molecule has 1 heterocycles. The Hall–Kier alpha value is -1.49. The second kappa shape index (κ2) is 8.94. The second-order valence-electron chi connectivity index (χ2n) is 7.56. The molecule has 0 radical (unpaired) electrons. The van der Waals surface area contributed by atoms with Crippen LogP contribution >= 0.6 is 11.8 Å². The molecule has 4 nitrogen and oxygen atoms in total. The van der Waals surface area contributed by atoms with Gasteiger partial charge in [0.25, 0.3) is 5.91 Å². The molecule has 1 fully saturated rings. The summed E-state index contributed by atoms with van der Waals surface area (Å²) in [5.74, 6) is 1.62. The van der Waals surface area contributed by atoms with E-state index in [2.05, 4.69) is 24.2 Å². The predicted octanol–water partition coefficient (Wildman–Crippen LogP) is 4.69. The summed E-state index contributed by atoms with van der Waals surface area (Å²) in [7, 11) is 0. The largest absolute Gasteiger partial charge is 0.379 e. The third-order valence-corrected chi connectivity index (χ3v) is 6.48. The van der Waals surface area contributed by atoms with Crippen molar-refractivity contribution in [3.05, 3.63) is 35.4 Å². The molecule has 0 spiro atoms. The van der Waals surface area contributed by atoms with E-state index >= 15 is 0 Å². The highest BCUT2D eigenvalue weighted by Crippen LogP contribution is 2.35. The minimum absolute atomic E-state index is 0. The smallest absolute Gasteiger partial charge is 0.251 e. The normalized spacial score (nSPS) is 24.9. The fraction of sp³-hybridized carbons (Fsp3) is 0.619. The Kier molecular flexibility index (Phi) is 7.16. The van der Waals surface area contributed by atoms with Gasteiger partial charge in [-0.15, -0.1) is 0 Å². The maximum Gasteiger partial charge on any atom is 0.251 e. The number of thioether (sulfide) groups is 1. The number of benzene rings is 1. The van der Waals surface area contributed by atoms with Crippen LogP contribution in [0.5, 0.6) is 0 Å². The first kappa shape index (κ1) is 20.8. The lowest BCUT2D eigenvalue weighted by atomic mass is 9.84. The van der Waals surface area contributed by atoms with Gasteiger partial charge in [0.05, 0.1) is 5.54 Å². The second-order valence-corrected chi connectivity index (χ2v) is 8.68. The van der Waals surface area contributed by atoms with Gasteiger partial charge in [-0.3, -0.25) is 9.79 Å². The van der Waals surface area contributed by atoms with Crippen molar-refractivity contribution in [2.45, 2.75) is 71.4 Å². The van der Waals surface area contributed by atoms with Gasteiger partial charge in [-0.2, -0.15) is 0 Å². The summed E-state index contributed by atoms with van der Waals surface area (Å²) >= 11 is 1.61. The van der Waals surface area contributed by atoms with E-state index in [9.17, 15) is 4.79 Å². The minimum atomic E-state index is -0.278. The SMILES string of the molecule is C.C[C@H](NC(=O)c1ccc(C2(C)CCSC(N)=N2)cc1)C1CCCCC1. The van der Waals surface area contributed by atoms with Crippen molar-refractivity contribution in [2.24, 2.45) is 16.6 Å². The van der Waals surface area contributed by atoms with E-state index in [1.54, 1.807) is 11.8 Å². The van der Waals surface area contributed by atoms with Crippen LogP contribution in [0.3, 0.4) is 0 Å². The highest BCUT2D eigenvalue weighted by molar-refractivity contribution is 8.13. The summed E-state index contributed by atoms with van der Waals surface area (Å²) in [6.45, 7) is 4.25. The number of carbonyl (C=O) groups is 1. The van der Waals surface area contributed by atoms with Crippen LogP contribution in [0.2, 0.25) is 0 Å². The maximum atomic E-state index is 12.6. The topological polar surface area (TPSA) is 67.5 Å². The zero-order chi connectivity index (χ0) is 17.9. The fourth-order valence-electron chi connectivity index (χ4n) is 3.92. The Morgan fingerprint density at radius 2 is 1.92 bits per heavy atom. The number of carbonyl (C=O) groups excluding carboxylic acids is 1. The predicted molar refractivity (Wildman–Crippen MR) is 113 cm³/mol. The van der Waals surface area contributed by atoms with Crippen LogP contribution in [-0.2, 0) is 5.54 Å². The van der Waals surface area contributed by atoms with Crippen LogP contribution in [0.4, 0.5) is 0 Å². The van der Waals surface area contributed by atoms with Crippen molar-refractivity contribution in [3.8, 4) is 0 Å². The summed E-state index contributed by atoms with van der Waals surface area (Å²) in [4.78, 5) is 17.2. The molecule has 1 aromatic rings. The van der Waals surface area contributed by atoms with Gasteiger partial charge in [-0.05, 0) is 56.7 Å². The molecule has 144 valence electrons. The molecule has 1 saturated carbocycles. The van der Waals surface area contributed by atoms with Crippen molar-refractivity contribution in [1.29, 1.82) is 0 Å². The zero-order valence-electron chi connectivity index (χ0n) is 15.3. The summed E-state index contributed by atoms with van der Waals surface area (Å²) in [6, 6.07) is 8.11. The van der Waals surface area contributed by atoms with Crippen molar-refractivity contribution in [2.75, 3.05) is 5.75 Å². The quantitative estimate of drug-likeness (QED) is 0.802. The molecule has 3 N–H and O–H groups in total. The van der Waals surface area contributed by atoms with Crippen LogP contribution in [0.15, 0.2) is 29.3 Å². The Labute approximate surface area is 162 Å². The third kappa shape index (κ3) is 4.81. The number of amides is 1. The molecule has 2 atom stereocenters. The molecule has 3 rings (SSSR count). The van der Waals surface area contributed by atoms with E-state index in [0.717, 1.165) is 23.3 Å². The summed E-state index contributed by atoms with van der Waals surface area (Å²) in [6.07, 6.45) is 7.35. The van der Waals surface area contributed by atoms with Gasteiger partial charge in [-0.1, -0.05) is 50.6 Å². The summed E-state index contributed by atoms with van der Waals surface area (Å²) < 4.78 is 0. The Morgan fingerprint density at radius 1 is 1.27 bits per heavy atom. The van der Waals surface area contributed by atoms with Crippen molar-refractivity contribution in [3.63, 3.8) is 0 Å². The molecule has 26 heavy (non-hydrogen) atoms. The van der Waals surface area contributed by atoms with E-state index in [1.807, 2.05) is 24.3 Å². The number of amidine groups is 1. The van der Waals surface area contributed by atoms with E-state index in [-0.39, 0.29) is 24.9 Å². The molecule has 5 heteroatoms. The highest BCUT2D eigenvalue weighted by atomic mass is 32.2. The highest BCUT2D eigenvalue weighted by Gasteiger charge is 2.29. The number of aliphatic imine (C=N–C) groups is 1. The number of nitrogens with zero attached hydrogens (tertiary/aromatic N) is 1. The van der Waals surface area contributed by atoms with Crippen molar-refractivity contribution < 1.29 is 4.79 Å². The standard InChI is InChI=1S/C20H29N3OS.CH4/c1-14(15-6-4-3-5-7-15)22-18(24)16-8-10-17(11-9-16)20(2)12-13-25-19(21)23-20;/h8-11,14-15H,3-7,12-13H2,1-2H3,(H2,21,23)(H,22,24);1H4/t14-,20?;/m0./s1. The first-order valence-corrected chi connectivity index (χ1v) is 10.4. The van der Waals surface area contributed by atoms with Gasteiger partial charge >= 0.3 is 0 Å². The molecule has 1 aromatic carbocycles. The Morgan fingerprint density at radius 3 is 2.54 bits per heavy atom. The number of nitrogens with two attached hydrogens (primary N) is 1. The molecule has 2 aliphatic rings. The van der Waals surface area contributed by atoms with Crippen molar-refractivity contribution in [1.82, 2.24) is 5.32 Å².